The SMILES string of the molecule is CC[C@]1(C)C[C@@H]2[C@H]3[C@H](CC[C@]2(C)[C@@H]1O)[C@H]1CCC(=O)C=C1C[C@H]3C. The molecule has 3 saturated carbocycles. The molecule has 4 aliphatic rings. The summed E-state index contributed by atoms with van der Waals surface area (Å²) in [6, 6.07) is 0. The summed E-state index contributed by atoms with van der Waals surface area (Å²) < 4.78 is 0. The first-order valence-corrected chi connectivity index (χ1v) is 10.2. The first-order chi connectivity index (χ1) is 11.3. The van der Waals surface area contributed by atoms with E-state index in [1.54, 1.807) is 0 Å². The predicted octanol–water partition coefficient (Wildman–Crippen LogP) is 4.76. The smallest absolute Gasteiger partial charge is 0.155 e. The molecule has 24 heavy (non-hydrogen) atoms. The van der Waals surface area contributed by atoms with E-state index in [1.807, 2.05) is 6.08 Å². The average molecular weight is 331 g/mol. The van der Waals surface area contributed by atoms with Gasteiger partial charge in [0, 0.05) is 6.42 Å². The minimum Gasteiger partial charge on any atom is -0.392 e. The monoisotopic (exact) mass is 330 g/mol. The molecule has 0 aliphatic heterocycles. The fourth-order valence-electron chi connectivity index (χ4n) is 7.41. The summed E-state index contributed by atoms with van der Waals surface area (Å²) in [6.45, 7) is 9.35. The molecule has 134 valence electrons. The molecule has 0 amide bonds. The van der Waals surface area contributed by atoms with Crippen LogP contribution < -0.4 is 0 Å². The Bertz CT molecular complexity index is 579. The second kappa shape index (κ2) is 5.43. The second-order valence-electron chi connectivity index (χ2n) is 10.0. The standard InChI is InChI=1S/C22H34O2/c1-5-21(3)12-18-19-13(2)10-14-11-15(23)6-7-16(14)17(19)8-9-22(18,4)20(21)24/h11,13,16-20,24H,5-10,12H2,1-4H3/t13-,16+,17-,18-,19-,20-,21-,22+/m1/s1. The third-order valence-corrected chi connectivity index (χ3v) is 8.86. The third-order valence-electron chi connectivity index (χ3n) is 8.86. The van der Waals surface area contributed by atoms with Gasteiger partial charge in [0.05, 0.1) is 6.10 Å². The zero-order chi connectivity index (χ0) is 17.3. The largest absolute Gasteiger partial charge is 0.392 e. The van der Waals surface area contributed by atoms with Gasteiger partial charge in [-0.15, -0.1) is 0 Å². The van der Waals surface area contributed by atoms with Crippen LogP contribution in [-0.2, 0) is 4.79 Å². The maximum Gasteiger partial charge on any atom is 0.155 e. The van der Waals surface area contributed by atoms with Gasteiger partial charge in [-0.1, -0.05) is 33.3 Å². The van der Waals surface area contributed by atoms with Gasteiger partial charge in [-0.3, -0.25) is 4.79 Å². The molecule has 0 aromatic carbocycles. The van der Waals surface area contributed by atoms with Crippen LogP contribution in [0.4, 0.5) is 0 Å². The Labute approximate surface area is 147 Å². The summed E-state index contributed by atoms with van der Waals surface area (Å²) >= 11 is 0. The van der Waals surface area contributed by atoms with Crippen LogP contribution >= 0.6 is 0 Å². The maximum absolute atomic E-state index is 11.9. The Morgan fingerprint density at radius 2 is 2.04 bits per heavy atom. The van der Waals surface area contributed by atoms with Gasteiger partial charge in [0.25, 0.3) is 0 Å². The molecule has 0 saturated heterocycles. The van der Waals surface area contributed by atoms with Crippen molar-refractivity contribution in [3.05, 3.63) is 11.6 Å². The van der Waals surface area contributed by atoms with Crippen LogP contribution in [0, 0.1) is 40.4 Å². The van der Waals surface area contributed by atoms with E-state index in [2.05, 4.69) is 27.7 Å². The molecule has 1 N–H and O–H groups in total. The number of allylic oxidation sites excluding steroid dienone is 1. The molecule has 2 heteroatoms. The van der Waals surface area contributed by atoms with Gasteiger partial charge in [-0.05, 0) is 85.0 Å². The Morgan fingerprint density at radius 1 is 1.29 bits per heavy atom. The third kappa shape index (κ3) is 2.14. The van der Waals surface area contributed by atoms with Gasteiger partial charge in [-0.25, -0.2) is 0 Å². The summed E-state index contributed by atoms with van der Waals surface area (Å²) in [5.74, 6) is 3.80. The minimum absolute atomic E-state index is 0.0900. The van der Waals surface area contributed by atoms with Crippen LogP contribution in [0.5, 0.6) is 0 Å². The Hall–Kier alpha value is -0.630. The maximum atomic E-state index is 11.9. The van der Waals surface area contributed by atoms with Crippen molar-refractivity contribution >= 4 is 5.78 Å². The van der Waals surface area contributed by atoms with Crippen molar-refractivity contribution in [3.8, 4) is 0 Å². The van der Waals surface area contributed by atoms with Gasteiger partial charge in [0.1, 0.15) is 0 Å². The highest BCUT2D eigenvalue weighted by Gasteiger charge is 2.63. The number of aliphatic hydroxyl groups is 1. The Balaban J connectivity index is 1.70. The highest BCUT2D eigenvalue weighted by molar-refractivity contribution is 5.91. The summed E-state index contributed by atoms with van der Waals surface area (Å²) in [5.41, 5.74) is 1.65. The van der Waals surface area contributed by atoms with Crippen LogP contribution in [0.25, 0.3) is 0 Å². The topological polar surface area (TPSA) is 37.3 Å². The number of ketones is 1. The quantitative estimate of drug-likeness (QED) is 0.752. The molecule has 0 aromatic heterocycles. The van der Waals surface area contributed by atoms with Gasteiger partial charge in [0.2, 0.25) is 0 Å². The molecule has 0 spiro atoms. The van der Waals surface area contributed by atoms with E-state index in [9.17, 15) is 9.90 Å². The average Bonchev–Trinajstić information content (AvgIpc) is 2.75. The molecular weight excluding hydrogens is 296 g/mol. The molecule has 0 bridgehead atoms. The van der Waals surface area contributed by atoms with Crippen molar-refractivity contribution in [2.24, 2.45) is 40.4 Å². The fourth-order valence-corrected chi connectivity index (χ4v) is 7.41. The van der Waals surface area contributed by atoms with E-state index in [-0.39, 0.29) is 16.9 Å². The lowest BCUT2D eigenvalue weighted by atomic mass is 9.49. The second-order valence-corrected chi connectivity index (χ2v) is 10.0. The Morgan fingerprint density at radius 3 is 2.75 bits per heavy atom. The van der Waals surface area contributed by atoms with Gasteiger partial charge < -0.3 is 5.11 Å². The number of hydrogen-bond acceptors (Lipinski definition) is 2. The van der Waals surface area contributed by atoms with Gasteiger partial charge >= 0.3 is 0 Å². The highest BCUT2D eigenvalue weighted by atomic mass is 16.3. The summed E-state index contributed by atoms with van der Waals surface area (Å²) in [5, 5.41) is 11.2. The zero-order valence-corrected chi connectivity index (χ0v) is 15.8. The van der Waals surface area contributed by atoms with E-state index in [0.29, 0.717) is 23.5 Å². The van der Waals surface area contributed by atoms with Crippen molar-refractivity contribution in [1.29, 1.82) is 0 Å². The number of carbonyl (C=O) groups is 1. The number of hydrogen-bond donors (Lipinski definition) is 1. The van der Waals surface area contributed by atoms with Gasteiger partial charge in [0.15, 0.2) is 5.78 Å². The predicted molar refractivity (Wildman–Crippen MR) is 96.4 cm³/mol. The lowest BCUT2D eigenvalue weighted by molar-refractivity contribution is -0.116. The number of fused-ring (bicyclic) bond motifs is 5. The first kappa shape index (κ1) is 16.8. The normalized spacial score (nSPS) is 53.9. The molecule has 4 aliphatic carbocycles. The molecule has 0 unspecified atom stereocenters. The molecule has 0 radical (unpaired) electrons. The van der Waals surface area contributed by atoms with Crippen molar-refractivity contribution in [3.63, 3.8) is 0 Å². The highest BCUT2D eigenvalue weighted by Crippen LogP contribution is 2.67. The Kier molecular flexibility index (Phi) is 3.81. The van der Waals surface area contributed by atoms with E-state index >= 15 is 0 Å². The van der Waals surface area contributed by atoms with Crippen LogP contribution in [0.15, 0.2) is 11.6 Å². The molecule has 4 rings (SSSR count). The van der Waals surface area contributed by atoms with E-state index in [4.69, 9.17) is 0 Å². The van der Waals surface area contributed by atoms with Crippen molar-refractivity contribution < 1.29 is 9.90 Å². The molecule has 8 atom stereocenters. The number of aliphatic hydroxyl groups excluding tert-OH is 1. The lowest BCUT2D eigenvalue weighted by Crippen LogP contribution is -2.50. The van der Waals surface area contributed by atoms with Crippen molar-refractivity contribution in [2.45, 2.75) is 78.7 Å². The van der Waals surface area contributed by atoms with E-state index in [0.717, 1.165) is 37.5 Å². The molecular formula is C22H34O2. The lowest BCUT2D eigenvalue weighted by Gasteiger charge is -2.55. The molecule has 0 aromatic rings. The summed E-state index contributed by atoms with van der Waals surface area (Å²) in [7, 11) is 0. The number of rotatable bonds is 1. The van der Waals surface area contributed by atoms with Gasteiger partial charge in [-0.2, -0.15) is 0 Å². The van der Waals surface area contributed by atoms with E-state index < -0.39 is 0 Å². The number of carbonyl (C=O) groups excluding carboxylic acids is 1. The summed E-state index contributed by atoms with van der Waals surface area (Å²) in [4.78, 5) is 11.9. The minimum atomic E-state index is -0.155. The molecule has 2 nitrogen and oxygen atoms in total. The first-order valence-electron chi connectivity index (χ1n) is 10.2. The zero-order valence-electron chi connectivity index (χ0n) is 15.8. The van der Waals surface area contributed by atoms with Crippen LogP contribution in [0.1, 0.15) is 72.6 Å². The van der Waals surface area contributed by atoms with Crippen LogP contribution in [0.2, 0.25) is 0 Å². The summed E-state index contributed by atoms with van der Waals surface area (Å²) in [6.07, 6.45) is 9.47. The van der Waals surface area contributed by atoms with E-state index in [1.165, 1.54) is 24.8 Å². The van der Waals surface area contributed by atoms with Crippen LogP contribution in [-0.4, -0.2) is 17.0 Å². The molecule has 0 heterocycles. The van der Waals surface area contributed by atoms with Crippen molar-refractivity contribution in [1.82, 2.24) is 0 Å². The molecule has 3 fully saturated rings. The van der Waals surface area contributed by atoms with Crippen molar-refractivity contribution in [2.75, 3.05) is 0 Å². The fraction of sp³-hybridized carbons (Fsp3) is 0.864. The van der Waals surface area contributed by atoms with Crippen LogP contribution in [0.3, 0.4) is 0 Å².